The smallest absolute Gasteiger partial charge is 0.137 e. The van der Waals surface area contributed by atoms with Gasteiger partial charge in [0.15, 0.2) is 0 Å². The van der Waals surface area contributed by atoms with Crippen LogP contribution in [0.3, 0.4) is 0 Å². The zero-order chi connectivity index (χ0) is 16.9. The predicted octanol–water partition coefficient (Wildman–Crippen LogP) is 2.93. The second-order valence-corrected chi connectivity index (χ2v) is 7.01. The molecule has 0 bridgehead atoms. The highest BCUT2D eigenvalue weighted by Crippen LogP contribution is 2.49. The van der Waals surface area contributed by atoms with Crippen LogP contribution < -0.4 is 10.1 Å². The highest BCUT2D eigenvalue weighted by molar-refractivity contribution is 5.30. The highest BCUT2D eigenvalue weighted by Gasteiger charge is 2.38. The van der Waals surface area contributed by atoms with E-state index in [4.69, 9.17) is 9.47 Å². The van der Waals surface area contributed by atoms with Crippen LogP contribution in [0.2, 0.25) is 0 Å². The summed E-state index contributed by atoms with van der Waals surface area (Å²) in [6.07, 6.45) is 11.0. The van der Waals surface area contributed by atoms with Crippen LogP contribution in [-0.2, 0) is 11.3 Å². The van der Waals surface area contributed by atoms with Gasteiger partial charge in [0.05, 0.1) is 12.8 Å². The van der Waals surface area contributed by atoms with Gasteiger partial charge in [-0.25, -0.2) is 0 Å². The molecule has 0 amide bonds. The van der Waals surface area contributed by atoms with E-state index in [9.17, 15) is 0 Å². The molecule has 2 aliphatic rings. The average Bonchev–Trinajstić information content (AvgIpc) is 3.38. The molecule has 0 unspecified atom stereocenters. The molecule has 1 saturated heterocycles. The first kappa shape index (κ1) is 16.5. The van der Waals surface area contributed by atoms with Crippen LogP contribution in [0.4, 0.5) is 0 Å². The maximum Gasteiger partial charge on any atom is 0.137 e. The molecule has 1 aliphatic carbocycles. The highest BCUT2D eigenvalue weighted by atomic mass is 16.5. The molecule has 25 heavy (non-hydrogen) atoms. The lowest BCUT2D eigenvalue weighted by molar-refractivity contribution is 0.114. The third-order valence-electron chi connectivity index (χ3n) is 5.09. The Bertz CT molecular complexity index is 676. The van der Waals surface area contributed by atoms with Crippen LogP contribution in [0.25, 0.3) is 0 Å². The summed E-state index contributed by atoms with van der Waals surface area (Å²) in [5.74, 6) is 2.21. The first-order valence-corrected chi connectivity index (χ1v) is 9.16. The Hall–Kier alpha value is -1.98. The Morgan fingerprint density at radius 1 is 1.20 bits per heavy atom. The van der Waals surface area contributed by atoms with Gasteiger partial charge in [-0.15, -0.1) is 0 Å². The van der Waals surface area contributed by atoms with Gasteiger partial charge in [-0.3, -0.25) is 9.97 Å². The third-order valence-corrected chi connectivity index (χ3v) is 5.09. The minimum Gasteiger partial charge on any atom is -0.490 e. The Morgan fingerprint density at radius 3 is 2.96 bits per heavy atom. The molecule has 132 valence electrons. The zero-order valence-corrected chi connectivity index (χ0v) is 14.4. The Balaban J connectivity index is 1.18. The number of rotatable bonds is 9. The van der Waals surface area contributed by atoms with Crippen LogP contribution in [0.5, 0.6) is 5.75 Å². The van der Waals surface area contributed by atoms with Crippen molar-refractivity contribution in [2.24, 2.45) is 5.92 Å². The maximum absolute atomic E-state index is 5.86. The van der Waals surface area contributed by atoms with Gasteiger partial charge in [0, 0.05) is 31.2 Å². The van der Waals surface area contributed by atoms with Gasteiger partial charge in [0.2, 0.25) is 0 Å². The molecule has 0 aromatic carbocycles. The van der Waals surface area contributed by atoms with Crippen molar-refractivity contribution >= 4 is 0 Å². The molecule has 0 radical (unpaired) electrons. The molecular formula is C20H25N3O2. The number of hydrogen-bond acceptors (Lipinski definition) is 5. The predicted molar refractivity (Wildman–Crippen MR) is 95.5 cm³/mol. The van der Waals surface area contributed by atoms with Gasteiger partial charge in [-0.1, -0.05) is 6.07 Å². The molecule has 4 rings (SSSR count). The van der Waals surface area contributed by atoms with Crippen molar-refractivity contribution in [1.82, 2.24) is 15.3 Å². The van der Waals surface area contributed by atoms with E-state index in [-0.39, 0.29) is 0 Å². The lowest BCUT2D eigenvalue weighted by Crippen LogP contribution is -2.46. The standard InChI is InChI=1S/C20H25N3O2/c1-2-15(10-21-5-1)13-24-7-4-16-9-20(16)17-8-19(12-22-11-17)25-14-18-3-6-23-18/h1-2,5,8,10-12,16,18,20,23H,3-4,6-7,9,13-14H2/t16-,18+,20+/m1/s1. The lowest BCUT2D eigenvalue weighted by atomic mass is 10.1. The molecule has 2 aromatic rings. The first-order valence-electron chi connectivity index (χ1n) is 9.16. The van der Waals surface area contributed by atoms with Gasteiger partial charge in [0.25, 0.3) is 0 Å². The minimum atomic E-state index is 0.509. The molecule has 5 heteroatoms. The number of ether oxygens (including phenoxy) is 2. The molecule has 1 aliphatic heterocycles. The second-order valence-electron chi connectivity index (χ2n) is 7.01. The Morgan fingerprint density at radius 2 is 2.16 bits per heavy atom. The molecule has 3 heterocycles. The van der Waals surface area contributed by atoms with Gasteiger partial charge in [-0.2, -0.15) is 0 Å². The molecule has 1 N–H and O–H groups in total. The monoisotopic (exact) mass is 339 g/mol. The van der Waals surface area contributed by atoms with Crippen molar-refractivity contribution in [3.63, 3.8) is 0 Å². The SMILES string of the molecule is c1cncc(COCC[C@@H]2C[C@@H]2c2cncc(OC[C@@H]3CCN3)c2)c1. The van der Waals surface area contributed by atoms with E-state index < -0.39 is 0 Å². The molecule has 3 atom stereocenters. The summed E-state index contributed by atoms with van der Waals surface area (Å²) in [7, 11) is 0. The molecule has 2 aromatic heterocycles. The summed E-state index contributed by atoms with van der Waals surface area (Å²) in [5, 5.41) is 3.35. The van der Waals surface area contributed by atoms with Crippen molar-refractivity contribution in [1.29, 1.82) is 0 Å². The molecule has 2 fully saturated rings. The molecule has 0 spiro atoms. The molecule has 5 nitrogen and oxygen atoms in total. The van der Waals surface area contributed by atoms with Crippen LogP contribution >= 0.6 is 0 Å². The van der Waals surface area contributed by atoms with Crippen molar-refractivity contribution in [3.8, 4) is 5.75 Å². The van der Waals surface area contributed by atoms with E-state index in [0.717, 1.165) is 37.5 Å². The fourth-order valence-corrected chi connectivity index (χ4v) is 3.29. The van der Waals surface area contributed by atoms with Gasteiger partial charge in [0.1, 0.15) is 12.4 Å². The second kappa shape index (κ2) is 7.93. The summed E-state index contributed by atoms with van der Waals surface area (Å²) in [6, 6.07) is 6.66. The third kappa shape index (κ3) is 4.55. The summed E-state index contributed by atoms with van der Waals surface area (Å²) in [4.78, 5) is 8.46. The van der Waals surface area contributed by atoms with Crippen LogP contribution in [0.1, 0.15) is 36.3 Å². The van der Waals surface area contributed by atoms with Gasteiger partial charge >= 0.3 is 0 Å². The van der Waals surface area contributed by atoms with Crippen molar-refractivity contribution in [2.45, 2.75) is 37.8 Å². The fraction of sp³-hybridized carbons (Fsp3) is 0.500. The summed E-state index contributed by atoms with van der Waals surface area (Å²) in [6.45, 7) is 3.29. The van der Waals surface area contributed by atoms with E-state index in [2.05, 4.69) is 21.4 Å². The average molecular weight is 339 g/mol. The van der Waals surface area contributed by atoms with Crippen LogP contribution in [-0.4, -0.2) is 35.8 Å². The van der Waals surface area contributed by atoms with Crippen LogP contribution in [0.15, 0.2) is 43.0 Å². The quantitative estimate of drug-likeness (QED) is 0.712. The Labute approximate surface area is 148 Å². The first-order chi connectivity index (χ1) is 12.4. The van der Waals surface area contributed by atoms with Gasteiger partial charge in [-0.05, 0) is 60.9 Å². The minimum absolute atomic E-state index is 0.509. The van der Waals surface area contributed by atoms with E-state index in [1.54, 1.807) is 6.20 Å². The number of hydrogen-bond donors (Lipinski definition) is 1. The summed E-state index contributed by atoms with van der Waals surface area (Å²) >= 11 is 0. The molecular weight excluding hydrogens is 314 g/mol. The maximum atomic E-state index is 5.86. The van der Waals surface area contributed by atoms with Crippen molar-refractivity contribution in [3.05, 3.63) is 54.1 Å². The number of pyridine rings is 2. The fourth-order valence-electron chi connectivity index (χ4n) is 3.29. The van der Waals surface area contributed by atoms with Gasteiger partial charge < -0.3 is 14.8 Å². The number of nitrogens with zero attached hydrogens (tertiary/aromatic N) is 2. The largest absolute Gasteiger partial charge is 0.490 e. The van der Waals surface area contributed by atoms with Crippen molar-refractivity contribution in [2.75, 3.05) is 19.8 Å². The van der Waals surface area contributed by atoms with Crippen LogP contribution in [0, 0.1) is 5.92 Å². The van der Waals surface area contributed by atoms with E-state index in [1.165, 1.54) is 18.4 Å². The van der Waals surface area contributed by atoms with E-state index in [1.807, 2.05) is 30.7 Å². The topological polar surface area (TPSA) is 56.3 Å². The zero-order valence-electron chi connectivity index (χ0n) is 14.4. The summed E-state index contributed by atoms with van der Waals surface area (Å²) in [5.41, 5.74) is 2.43. The number of aromatic nitrogens is 2. The van der Waals surface area contributed by atoms with Crippen molar-refractivity contribution < 1.29 is 9.47 Å². The Kier molecular flexibility index (Phi) is 5.23. The molecule has 1 saturated carbocycles. The normalized spacial score (nSPS) is 24.6. The summed E-state index contributed by atoms with van der Waals surface area (Å²) < 4.78 is 11.6. The number of nitrogens with one attached hydrogen (secondary N) is 1. The van der Waals surface area contributed by atoms with E-state index in [0.29, 0.717) is 24.5 Å². The lowest BCUT2D eigenvalue weighted by Gasteiger charge is -2.27. The van der Waals surface area contributed by atoms with E-state index >= 15 is 0 Å².